The van der Waals surface area contributed by atoms with Crippen LogP contribution in [-0.4, -0.2) is 12.5 Å². The van der Waals surface area contributed by atoms with E-state index in [1.165, 1.54) is 44.1 Å². The van der Waals surface area contributed by atoms with Crippen molar-refractivity contribution in [3.05, 3.63) is 106 Å². The number of amides is 1. The zero-order valence-corrected chi connectivity index (χ0v) is 24.0. The zero-order chi connectivity index (χ0) is 26.6. The first-order chi connectivity index (χ1) is 19.0. The number of hydrogen-bond acceptors (Lipinski definition) is 2. The smallest absolute Gasteiger partial charge is 0.262 e. The summed E-state index contributed by atoms with van der Waals surface area (Å²) < 4.78 is 6.55. The van der Waals surface area contributed by atoms with Crippen LogP contribution in [-0.2, 0) is 10.2 Å². The predicted octanol–water partition coefficient (Wildman–Crippen LogP) is 8.79. The standard InChI is InChI=1S/C35H34BrNO2/c1-2-39-33-13-8-23(18-31(33)36)17-28-19-32(27-6-4-3-5-7-27)37(34(28)38)30-11-9-29(10-12-30)35-20-24-14-25(21-35)16-26(15-24)22-35/h3-13,17-19,24-26H,2,14-16,20-22H2,1H3/b28-17+. The van der Waals surface area contributed by atoms with Gasteiger partial charge in [-0.3, -0.25) is 9.69 Å². The minimum Gasteiger partial charge on any atom is -0.493 e. The summed E-state index contributed by atoms with van der Waals surface area (Å²) in [5, 5.41) is 0. The lowest BCUT2D eigenvalue weighted by Gasteiger charge is -2.57. The van der Waals surface area contributed by atoms with E-state index in [0.29, 0.717) is 17.6 Å². The lowest BCUT2D eigenvalue weighted by Crippen LogP contribution is -2.48. The zero-order valence-electron chi connectivity index (χ0n) is 22.4. The second-order valence-corrected chi connectivity index (χ2v) is 12.9. The van der Waals surface area contributed by atoms with Crippen LogP contribution < -0.4 is 9.64 Å². The monoisotopic (exact) mass is 579 g/mol. The van der Waals surface area contributed by atoms with Gasteiger partial charge in [0.15, 0.2) is 0 Å². The molecule has 0 atom stereocenters. The number of rotatable bonds is 6. The molecule has 3 aromatic carbocycles. The van der Waals surface area contributed by atoms with Crippen molar-refractivity contribution in [2.75, 3.05) is 11.5 Å². The third-order valence-electron chi connectivity index (χ3n) is 9.41. The molecule has 4 saturated carbocycles. The summed E-state index contributed by atoms with van der Waals surface area (Å²) in [6.45, 7) is 2.58. The molecule has 0 radical (unpaired) electrons. The van der Waals surface area contributed by atoms with Crippen molar-refractivity contribution in [1.82, 2.24) is 0 Å². The van der Waals surface area contributed by atoms with Crippen LogP contribution in [0.1, 0.15) is 62.1 Å². The van der Waals surface area contributed by atoms with Gasteiger partial charge in [0.1, 0.15) is 5.75 Å². The Balaban J connectivity index is 1.22. The van der Waals surface area contributed by atoms with Crippen molar-refractivity contribution < 1.29 is 9.53 Å². The Bertz CT molecular complexity index is 1430. The van der Waals surface area contributed by atoms with Gasteiger partial charge < -0.3 is 4.74 Å². The highest BCUT2D eigenvalue weighted by molar-refractivity contribution is 9.10. The first kappa shape index (κ1) is 24.9. The topological polar surface area (TPSA) is 29.5 Å². The van der Waals surface area contributed by atoms with Gasteiger partial charge in [0.2, 0.25) is 0 Å². The molecule has 4 fully saturated rings. The number of nitrogens with zero attached hydrogens (tertiary/aromatic N) is 1. The first-order valence-electron chi connectivity index (χ1n) is 14.4. The van der Waals surface area contributed by atoms with Gasteiger partial charge in [-0.05, 0) is 138 Å². The molecule has 1 heterocycles. The molecule has 0 spiro atoms. The van der Waals surface area contributed by atoms with E-state index in [0.717, 1.165) is 50.5 Å². The predicted molar refractivity (Wildman–Crippen MR) is 161 cm³/mol. The maximum atomic E-state index is 13.9. The number of benzene rings is 3. The quantitative estimate of drug-likeness (QED) is 0.273. The van der Waals surface area contributed by atoms with Crippen molar-refractivity contribution in [2.45, 2.75) is 50.9 Å². The highest BCUT2D eigenvalue weighted by Crippen LogP contribution is 2.60. The summed E-state index contributed by atoms with van der Waals surface area (Å²) in [5.41, 5.74) is 6.35. The van der Waals surface area contributed by atoms with E-state index in [1.807, 2.05) is 60.4 Å². The average Bonchev–Trinajstić information content (AvgIpc) is 3.25. The van der Waals surface area contributed by atoms with Crippen molar-refractivity contribution in [2.24, 2.45) is 17.8 Å². The van der Waals surface area contributed by atoms with E-state index in [-0.39, 0.29) is 5.91 Å². The fourth-order valence-corrected chi connectivity index (χ4v) is 8.69. The molecule has 0 N–H and O–H groups in total. The van der Waals surface area contributed by atoms with Crippen LogP contribution >= 0.6 is 15.9 Å². The highest BCUT2D eigenvalue weighted by atomic mass is 79.9. The maximum absolute atomic E-state index is 13.9. The van der Waals surface area contributed by atoms with Crippen LogP contribution in [0.15, 0.2) is 88.9 Å². The lowest BCUT2D eigenvalue weighted by molar-refractivity contribution is -0.113. The summed E-state index contributed by atoms with van der Waals surface area (Å²) in [5.74, 6) is 3.55. The Labute approximate surface area is 239 Å². The molecule has 198 valence electrons. The van der Waals surface area contributed by atoms with Crippen LogP contribution in [0.4, 0.5) is 5.69 Å². The van der Waals surface area contributed by atoms with Crippen LogP contribution in [0.3, 0.4) is 0 Å². The van der Waals surface area contributed by atoms with Crippen molar-refractivity contribution in [3.63, 3.8) is 0 Å². The second-order valence-electron chi connectivity index (χ2n) is 12.0. The Kier molecular flexibility index (Phi) is 6.27. The normalized spacial score (nSPS) is 28.3. The van der Waals surface area contributed by atoms with Gasteiger partial charge in [0, 0.05) is 11.3 Å². The average molecular weight is 581 g/mol. The Morgan fingerprint density at radius 1 is 0.923 bits per heavy atom. The number of carbonyl (C=O) groups excluding carboxylic acids is 1. The fourth-order valence-electron chi connectivity index (χ4n) is 8.18. The molecule has 0 unspecified atom stereocenters. The number of ether oxygens (including phenoxy) is 1. The molecular formula is C35H34BrNO2. The van der Waals surface area contributed by atoms with Crippen LogP contribution in [0.25, 0.3) is 11.8 Å². The summed E-state index contributed by atoms with van der Waals surface area (Å²) in [6, 6.07) is 25.2. The van der Waals surface area contributed by atoms with Crippen molar-refractivity contribution in [1.29, 1.82) is 0 Å². The minimum absolute atomic E-state index is 0.00131. The Morgan fingerprint density at radius 3 is 2.21 bits per heavy atom. The van der Waals surface area contributed by atoms with Crippen LogP contribution in [0.2, 0.25) is 0 Å². The van der Waals surface area contributed by atoms with Crippen molar-refractivity contribution >= 4 is 39.3 Å². The van der Waals surface area contributed by atoms with E-state index in [4.69, 9.17) is 4.74 Å². The fraction of sp³-hybridized carbons (Fsp3) is 0.343. The van der Waals surface area contributed by atoms with Gasteiger partial charge in [-0.2, -0.15) is 0 Å². The number of anilines is 1. The van der Waals surface area contributed by atoms with E-state index in [1.54, 1.807) is 0 Å². The Morgan fingerprint density at radius 2 is 1.59 bits per heavy atom. The van der Waals surface area contributed by atoms with Gasteiger partial charge in [-0.1, -0.05) is 48.5 Å². The number of carbonyl (C=O) groups is 1. The summed E-state index contributed by atoms with van der Waals surface area (Å²) in [7, 11) is 0. The summed E-state index contributed by atoms with van der Waals surface area (Å²) in [6.07, 6.45) is 12.4. The number of halogens is 1. The molecule has 1 aliphatic heterocycles. The van der Waals surface area contributed by atoms with E-state index >= 15 is 0 Å². The number of hydrogen-bond donors (Lipinski definition) is 0. The van der Waals surface area contributed by atoms with E-state index < -0.39 is 0 Å². The summed E-state index contributed by atoms with van der Waals surface area (Å²) in [4.78, 5) is 15.8. The second kappa shape index (κ2) is 9.82. The van der Waals surface area contributed by atoms with Gasteiger partial charge >= 0.3 is 0 Å². The minimum atomic E-state index is 0.00131. The first-order valence-corrected chi connectivity index (χ1v) is 15.2. The highest BCUT2D eigenvalue weighted by Gasteiger charge is 2.51. The van der Waals surface area contributed by atoms with Crippen LogP contribution in [0.5, 0.6) is 5.75 Å². The molecule has 0 aromatic heterocycles. The molecule has 4 aliphatic carbocycles. The largest absolute Gasteiger partial charge is 0.493 e. The summed E-state index contributed by atoms with van der Waals surface area (Å²) >= 11 is 3.61. The SMILES string of the molecule is CCOc1ccc(/C=C2\C=C(c3ccccc3)N(c3ccc(C45CC6CC(CC(C6)C4)C5)cc3)C2=O)cc1Br. The molecule has 0 saturated heterocycles. The van der Waals surface area contributed by atoms with Gasteiger partial charge in [-0.25, -0.2) is 0 Å². The van der Waals surface area contributed by atoms with Crippen molar-refractivity contribution in [3.8, 4) is 5.75 Å². The van der Waals surface area contributed by atoms with Gasteiger partial charge in [0.05, 0.1) is 16.8 Å². The Hall–Kier alpha value is -3.11. The lowest BCUT2D eigenvalue weighted by atomic mass is 9.48. The molecule has 1 amide bonds. The maximum Gasteiger partial charge on any atom is 0.262 e. The van der Waals surface area contributed by atoms with Crippen LogP contribution in [0, 0.1) is 17.8 Å². The molecule has 39 heavy (non-hydrogen) atoms. The van der Waals surface area contributed by atoms with Gasteiger partial charge in [0.25, 0.3) is 5.91 Å². The third kappa shape index (κ3) is 4.47. The molecule has 5 aliphatic rings. The molecule has 8 rings (SSSR count). The van der Waals surface area contributed by atoms with Gasteiger partial charge in [-0.15, -0.1) is 0 Å². The molecule has 4 bridgehead atoms. The molecule has 3 nitrogen and oxygen atoms in total. The third-order valence-corrected chi connectivity index (χ3v) is 10.0. The van der Waals surface area contributed by atoms with E-state index in [9.17, 15) is 4.79 Å². The molecular weight excluding hydrogens is 546 g/mol. The molecule has 4 heteroatoms. The van der Waals surface area contributed by atoms with E-state index in [2.05, 4.69) is 52.3 Å². The molecule has 3 aromatic rings.